The molecule has 9 heteroatoms. The number of para-hydroxylation sites is 1. The van der Waals surface area contributed by atoms with Gasteiger partial charge in [0, 0.05) is 23.8 Å². The number of fused-ring (bicyclic) bond motifs is 2. The molecule has 4 aromatic rings. The number of rotatable bonds is 6. The Morgan fingerprint density at radius 2 is 2.00 bits per heavy atom. The SMILES string of the molecule is Cc1cc(S(=O)(=O)N2CCc3ccccc32)ccc1OCC(=O)Nc1ccc2sncc2c1. The Labute approximate surface area is 195 Å². The van der Waals surface area contributed by atoms with Gasteiger partial charge in [0.1, 0.15) is 5.75 Å². The molecule has 5 rings (SSSR count). The summed E-state index contributed by atoms with van der Waals surface area (Å²) in [6.07, 6.45) is 2.45. The standard InChI is InChI=1S/C24H21N3O4S2/c1-16-12-20(33(29,30)27-11-10-17-4-2-3-5-21(17)27)7-8-22(16)31-15-24(28)26-19-6-9-23-18(13-19)14-25-32-23/h2-9,12-14H,10-11,15H2,1H3,(H,26,28). The molecule has 1 amide bonds. The molecule has 0 fully saturated rings. The maximum absolute atomic E-state index is 13.2. The largest absolute Gasteiger partial charge is 0.483 e. The first-order valence-corrected chi connectivity index (χ1v) is 12.6. The van der Waals surface area contributed by atoms with Crippen molar-refractivity contribution in [2.75, 3.05) is 22.8 Å². The van der Waals surface area contributed by atoms with Crippen molar-refractivity contribution in [3.8, 4) is 5.75 Å². The van der Waals surface area contributed by atoms with E-state index in [1.807, 2.05) is 42.5 Å². The molecule has 33 heavy (non-hydrogen) atoms. The summed E-state index contributed by atoms with van der Waals surface area (Å²) in [6, 6.07) is 17.8. The third-order valence-corrected chi connectivity index (χ3v) is 8.16. The lowest BCUT2D eigenvalue weighted by atomic mass is 10.2. The minimum Gasteiger partial charge on any atom is -0.483 e. The highest BCUT2D eigenvalue weighted by Crippen LogP contribution is 2.33. The zero-order chi connectivity index (χ0) is 23.0. The summed E-state index contributed by atoms with van der Waals surface area (Å²) in [5.41, 5.74) is 3.06. The maximum atomic E-state index is 13.2. The fraction of sp³-hybridized carbons (Fsp3) is 0.167. The maximum Gasteiger partial charge on any atom is 0.264 e. The number of carbonyl (C=O) groups is 1. The number of nitrogens with one attached hydrogen (secondary N) is 1. The molecule has 3 aromatic carbocycles. The zero-order valence-corrected chi connectivity index (χ0v) is 19.4. The number of ether oxygens (including phenoxy) is 1. The van der Waals surface area contributed by atoms with Crippen LogP contribution in [-0.4, -0.2) is 31.9 Å². The van der Waals surface area contributed by atoms with Gasteiger partial charge in [-0.25, -0.2) is 8.42 Å². The summed E-state index contributed by atoms with van der Waals surface area (Å²) in [6.45, 7) is 2.00. The van der Waals surface area contributed by atoms with E-state index < -0.39 is 10.0 Å². The van der Waals surface area contributed by atoms with E-state index in [0.29, 0.717) is 30.0 Å². The lowest BCUT2D eigenvalue weighted by Gasteiger charge is -2.20. The van der Waals surface area contributed by atoms with Gasteiger partial charge in [-0.1, -0.05) is 18.2 Å². The minimum absolute atomic E-state index is 0.188. The summed E-state index contributed by atoms with van der Waals surface area (Å²) in [5.74, 6) is 0.158. The predicted molar refractivity (Wildman–Crippen MR) is 130 cm³/mol. The molecule has 0 aliphatic carbocycles. The highest BCUT2D eigenvalue weighted by atomic mass is 32.2. The third kappa shape index (κ3) is 4.17. The number of amides is 1. The molecule has 1 aliphatic rings. The minimum atomic E-state index is -3.68. The summed E-state index contributed by atoms with van der Waals surface area (Å²) < 4.78 is 38.7. The van der Waals surface area contributed by atoms with Crippen molar-refractivity contribution in [2.45, 2.75) is 18.2 Å². The van der Waals surface area contributed by atoms with E-state index in [9.17, 15) is 13.2 Å². The Kier molecular flexibility index (Phi) is 5.51. The van der Waals surface area contributed by atoms with Gasteiger partial charge >= 0.3 is 0 Å². The first-order chi connectivity index (χ1) is 15.9. The second kappa shape index (κ2) is 8.49. The van der Waals surface area contributed by atoms with Crippen molar-refractivity contribution in [3.05, 3.63) is 78.0 Å². The molecule has 1 aliphatic heterocycles. The van der Waals surface area contributed by atoms with Crippen LogP contribution in [0.5, 0.6) is 5.75 Å². The van der Waals surface area contributed by atoms with Gasteiger partial charge in [-0.15, -0.1) is 0 Å². The van der Waals surface area contributed by atoms with Crippen LogP contribution in [0.25, 0.3) is 10.1 Å². The smallest absolute Gasteiger partial charge is 0.264 e. The van der Waals surface area contributed by atoms with Gasteiger partial charge in [0.05, 0.1) is 15.3 Å². The van der Waals surface area contributed by atoms with E-state index in [1.54, 1.807) is 25.3 Å². The summed E-state index contributed by atoms with van der Waals surface area (Å²) in [4.78, 5) is 12.5. The number of carbonyl (C=O) groups excluding carboxylic acids is 1. The Morgan fingerprint density at radius 3 is 2.85 bits per heavy atom. The Morgan fingerprint density at radius 1 is 1.15 bits per heavy atom. The lowest BCUT2D eigenvalue weighted by molar-refractivity contribution is -0.118. The van der Waals surface area contributed by atoms with Gasteiger partial charge in [0.15, 0.2) is 6.61 Å². The number of nitrogens with zero attached hydrogens (tertiary/aromatic N) is 2. The Balaban J connectivity index is 1.26. The van der Waals surface area contributed by atoms with E-state index in [2.05, 4.69) is 9.69 Å². The Hall–Kier alpha value is -3.43. The molecule has 0 atom stereocenters. The fourth-order valence-corrected chi connectivity index (χ4v) is 6.13. The van der Waals surface area contributed by atoms with Crippen LogP contribution in [0.4, 0.5) is 11.4 Å². The lowest BCUT2D eigenvalue weighted by Crippen LogP contribution is -2.29. The molecule has 7 nitrogen and oxygen atoms in total. The van der Waals surface area contributed by atoms with Gasteiger partial charge in [-0.05, 0) is 78.5 Å². The van der Waals surface area contributed by atoms with Crippen LogP contribution in [0.2, 0.25) is 0 Å². The molecular formula is C24H21N3O4S2. The zero-order valence-electron chi connectivity index (χ0n) is 17.8. The summed E-state index contributed by atoms with van der Waals surface area (Å²) in [5, 5.41) is 3.77. The first-order valence-electron chi connectivity index (χ1n) is 10.4. The summed E-state index contributed by atoms with van der Waals surface area (Å²) >= 11 is 1.40. The van der Waals surface area contributed by atoms with E-state index >= 15 is 0 Å². The second-order valence-corrected chi connectivity index (χ2v) is 10.5. The number of aryl methyl sites for hydroxylation is 1. The highest BCUT2D eigenvalue weighted by molar-refractivity contribution is 7.92. The molecule has 0 bridgehead atoms. The average Bonchev–Trinajstić information content (AvgIpc) is 3.45. The average molecular weight is 480 g/mol. The number of anilines is 2. The van der Waals surface area contributed by atoms with Crippen LogP contribution in [0.3, 0.4) is 0 Å². The molecule has 1 aromatic heterocycles. The number of benzene rings is 3. The van der Waals surface area contributed by atoms with E-state index in [4.69, 9.17) is 4.74 Å². The van der Waals surface area contributed by atoms with Crippen molar-refractivity contribution in [2.24, 2.45) is 0 Å². The number of hydrogen-bond acceptors (Lipinski definition) is 6. The Bertz CT molecular complexity index is 1460. The van der Waals surface area contributed by atoms with Crippen LogP contribution in [0.15, 0.2) is 71.8 Å². The molecule has 2 heterocycles. The fourth-order valence-electron chi connectivity index (χ4n) is 3.92. The van der Waals surface area contributed by atoms with Crippen molar-refractivity contribution in [3.63, 3.8) is 0 Å². The molecule has 0 spiro atoms. The van der Waals surface area contributed by atoms with Crippen molar-refractivity contribution >= 4 is 48.9 Å². The van der Waals surface area contributed by atoms with Crippen LogP contribution in [-0.2, 0) is 21.2 Å². The van der Waals surface area contributed by atoms with Crippen LogP contribution < -0.4 is 14.4 Å². The molecule has 0 saturated carbocycles. The topological polar surface area (TPSA) is 88.6 Å². The van der Waals surface area contributed by atoms with Gasteiger partial charge in [0.2, 0.25) is 0 Å². The summed E-state index contributed by atoms with van der Waals surface area (Å²) in [7, 11) is -3.68. The molecule has 168 valence electrons. The molecule has 0 saturated heterocycles. The molecular weight excluding hydrogens is 458 g/mol. The highest BCUT2D eigenvalue weighted by Gasteiger charge is 2.30. The van der Waals surface area contributed by atoms with Crippen molar-refractivity contribution in [1.82, 2.24) is 4.37 Å². The molecule has 0 unspecified atom stereocenters. The van der Waals surface area contributed by atoms with Crippen molar-refractivity contribution in [1.29, 1.82) is 0 Å². The van der Waals surface area contributed by atoms with E-state index in [1.165, 1.54) is 21.9 Å². The van der Waals surface area contributed by atoms with Crippen LogP contribution in [0, 0.1) is 6.92 Å². The number of aromatic nitrogens is 1. The van der Waals surface area contributed by atoms with E-state index in [0.717, 1.165) is 21.3 Å². The molecule has 1 N–H and O–H groups in total. The van der Waals surface area contributed by atoms with Crippen molar-refractivity contribution < 1.29 is 17.9 Å². The van der Waals surface area contributed by atoms with Gasteiger partial charge in [0.25, 0.3) is 15.9 Å². The first kappa shape index (κ1) is 21.4. The van der Waals surface area contributed by atoms with Gasteiger partial charge < -0.3 is 10.1 Å². The number of hydrogen-bond donors (Lipinski definition) is 1. The molecule has 0 radical (unpaired) electrons. The van der Waals surface area contributed by atoms with Gasteiger partial charge in [-0.2, -0.15) is 4.37 Å². The quantitative estimate of drug-likeness (QED) is 0.444. The van der Waals surface area contributed by atoms with Gasteiger partial charge in [-0.3, -0.25) is 9.10 Å². The monoisotopic (exact) mass is 479 g/mol. The van der Waals surface area contributed by atoms with E-state index in [-0.39, 0.29) is 17.4 Å². The normalized spacial score (nSPS) is 13.2. The van der Waals surface area contributed by atoms with Crippen LogP contribution >= 0.6 is 11.5 Å². The third-order valence-electron chi connectivity index (χ3n) is 5.57. The number of sulfonamides is 1. The second-order valence-electron chi connectivity index (χ2n) is 7.80. The van der Waals surface area contributed by atoms with Crippen LogP contribution in [0.1, 0.15) is 11.1 Å². The predicted octanol–water partition coefficient (Wildman–Crippen LogP) is 4.37.